The Morgan fingerprint density at radius 3 is 2.45 bits per heavy atom. The number of hydrogen-bond acceptors (Lipinski definition) is 7. The minimum atomic E-state index is -2.05. The molecule has 2 aromatic heterocycles. The van der Waals surface area contributed by atoms with Crippen LogP contribution in [0, 0.1) is 11.6 Å². The second kappa shape index (κ2) is 10.9. The maximum Gasteiger partial charge on any atom is 0.263 e. The fraction of sp³-hybridized carbons (Fsp3) is 0.500. The number of alkyl halides is 1. The lowest BCUT2D eigenvalue weighted by molar-refractivity contribution is -0.0475. The van der Waals surface area contributed by atoms with Crippen molar-refractivity contribution in [2.45, 2.75) is 71.2 Å². The van der Waals surface area contributed by atoms with Crippen molar-refractivity contribution in [1.82, 2.24) is 19.9 Å². The molecule has 10 heteroatoms. The zero-order chi connectivity index (χ0) is 28.8. The Bertz CT molecular complexity index is 1390. The minimum absolute atomic E-state index is 0.0801. The van der Waals surface area contributed by atoms with E-state index < -0.39 is 17.5 Å². The molecular formula is C30H37F3N6O. The van der Waals surface area contributed by atoms with E-state index in [9.17, 15) is 8.78 Å². The van der Waals surface area contributed by atoms with Gasteiger partial charge in [0.25, 0.3) is 5.85 Å². The van der Waals surface area contributed by atoms with Crippen molar-refractivity contribution in [2.24, 2.45) is 0 Å². The van der Waals surface area contributed by atoms with Gasteiger partial charge < -0.3 is 19.9 Å². The Kier molecular flexibility index (Phi) is 7.65. The topological polar surface area (TPSA) is 66.4 Å². The van der Waals surface area contributed by atoms with Gasteiger partial charge in [-0.1, -0.05) is 19.9 Å². The number of halogens is 3. The SMILES string of the molecule is CC(C)c1nc(Nc2ncc(F)c(-c3cc(F)c4c(c3)N(C(C)C)CC(C)(F)O4)n2)ccc1C1CCN(C)CC1. The molecule has 7 nitrogen and oxygen atoms in total. The lowest BCUT2D eigenvalue weighted by Crippen LogP contribution is -2.49. The van der Waals surface area contributed by atoms with E-state index in [0.29, 0.717) is 17.4 Å². The fourth-order valence-electron chi connectivity index (χ4n) is 5.55. The minimum Gasteiger partial charge on any atom is -0.451 e. The van der Waals surface area contributed by atoms with E-state index in [1.807, 2.05) is 19.9 Å². The van der Waals surface area contributed by atoms with Crippen LogP contribution in [0.15, 0.2) is 30.5 Å². The molecule has 3 aromatic rings. The number of likely N-dealkylation sites (tertiary alicyclic amines) is 1. The van der Waals surface area contributed by atoms with Crippen molar-refractivity contribution < 1.29 is 17.9 Å². The van der Waals surface area contributed by atoms with Crippen molar-refractivity contribution in [2.75, 3.05) is 36.9 Å². The Labute approximate surface area is 233 Å². The first-order valence-electron chi connectivity index (χ1n) is 13.9. The maximum atomic E-state index is 15.2. The van der Waals surface area contributed by atoms with E-state index in [0.717, 1.165) is 43.9 Å². The number of rotatable bonds is 6. The molecule has 0 saturated carbocycles. The van der Waals surface area contributed by atoms with Crippen LogP contribution in [-0.4, -0.2) is 58.4 Å². The lowest BCUT2D eigenvalue weighted by Gasteiger charge is -2.40. The normalized spacial score (nSPS) is 20.1. The molecule has 1 N–H and O–H groups in total. The van der Waals surface area contributed by atoms with E-state index in [4.69, 9.17) is 9.72 Å². The number of benzene rings is 1. The van der Waals surface area contributed by atoms with Gasteiger partial charge in [-0.2, -0.15) is 4.39 Å². The number of nitrogens with zero attached hydrogens (tertiary/aromatic N) is 5. The summed E-state index contributed by atoms with van der Waals surface area (Å²) in [4.78, 5) is 17.4. The number of pyridine rings is 1. The number of nitrogens with one attached hydrogen (secondary N) is 1. The Morgan fingerprint density at radius 1 is 1.05 bits per heavy atom. The number of ether oxygens (including phenoxy) is 1. The molecule has 2 aliphatic rings. The van der Waals surface area contributed by atoms with Gasteiger partial charge in [0.05, 0.1) is 18.4 Å². The molecule has 2 aliphatic heterocycles. The third-order valence-electron chi connectivity index (χ3n) is 7.64. The molecule has 40 heavy (non-hydrogen) atoms. The van der Waals surface area contributed by atoms with Crippen LogP contribution in [0.3, 0.4) is 0 Å². The van der Waals surface area contributed by atoms with Crippen LogP contribution in [0.5, 0.6) is 5.75 Å². The summed E-state index contributed by atoms with van der Waals surface area (Å²) in [6, 6.07) is 6.56. The third-order valence-corrected chi connectivity index (χ3v) is 7.64. The van der Waals surface area contributed by atoms with Gasteiger partial charge in [-0.3, -0.25) is 0 Å². The average Bonchev–Trinajstić information content (AvgIpc) is 2.90. The summed E-state index contributed by atoms with van der Waals surface area (Å²) in [6.07, 6.45) is 3.24. The summed E-state index contributed by atoms with van der Waals surface area (Å²) in [6.45, 7) is 11.3. The van der Waals surface area contributed by atoms with Gasteiger partial charge in [0.1, 0.15) is 11.5 Å². The summed E-state index contributed by atoms with van der Waals surface area (Å²) < 4.78 is 50.3. The van der Waals surface area contributed by atoms with Crippen LogP contribution < -0.4 is 15.0 Å². The van der Waals surface area contributed by atoms with Crippen molar-refractivity contribution >= 4 is 17.5 Å². The van der Waals surface area contributed by atoms with Crippen LogP contribution in [0.2, 0.25) is 0 Å². The van der Waals surface area contributed by atoms with Gasteiger partial charge in [-0.25, -0.2) is 23.7 Å². The lowest BCUT2D eigenvalue weighted by atomic mass is 9.86. The van der Waals surface area contributed by atoms with Crippen molar-refractivity contribution in [3.63, 3.8) is 0 Å². The smallest absolute Gasteiger partial charge is 0.263 e. The molecular weight excluding hydrogens is 517 g/mol. The highest BCUT2D eigenvalue weighted by atomic mass is 19.2. The van der Waals surface area contributed by atoms with Crippen LogP contribution >= 0.6 is 0 Å². The molecule has 0 radical (unpaired) electrons. The molecule has 1 aromatic carbocycles. The second-order valence-electron chi connectivity index (χ2n) is 11.7. The molecule has 0 amide bonds. The average molecular weight is 555 g/mol. The number of fused-ring (bicyclic) bond motifs is 1. The van der Waals surface area contributed by atoms with Gasteiger partial charge in [0, 0.05) is 24.2 Å². The first-order chi connectivity index (χ1) is 18.9. The molecule has 1 atom stereocenters. The summed E-state index contributed by atoms with van der Waals surface area (Å²) in [5.41, 5.74) is 2.75. The van der Waals surface area contributed by atoms with Gasteiger partial charge in [-0.05, 0) is 82.4 Å². The Morgan fingerprint density at radius 2 is 1.77 bits per heavy atom. The Hall–Kier alpha value is -3.40. The predicted octanol–water partition coefficient (Wildman–Crippen LogP) is 6.79. The highest BCUT2D eigenvalue weighted by Crippen LogP contribution is 2.43. The van der Waals surface area contributed by atoms with Crippen LogP contribution in [0.4, 0.5) is 30.6 Å². The van der Waals surface area contributed by atoms with Gasteiger partial charge in [-0.15, -0.1) is 0 Å². The molecule has 0 bridgehead atoms. The number of anilines is 3. The largest absolute Gasteiger partial charge is 0.451 e. The van der Waals surface area contributed by atoms with Crippen molar-refractivity contribution in [3.8, 4) is 17.0 Å². The standard InChI is InChI=1S/C30H37F3N6O/c1-17(2)26-21(19-9-11-38(6)12-10-19)7-8-25(35-26)36-29-34-15-23(32)27(37-29)20-13-22(31)28-24(14-20)39(18(3)4)16-30(5,33)40-28/h7-8,13-15,17-19H,9-12,16H2,1-6H3,(H,34,35,36,37). The zero-order valence-corrected chi connectivity index (χ0v) is 23.9. The first-order valence-corrected chi connectivity index (χ1v) is 13.9. The summed E-state index contributed by atoms with van der Waals surface area (Å²) in [7, 11) is 2.15. The molecule has 1 saturated heterocycles. The van der Waals surface area contributed by atoms with Crippen LogP contribution in [0.25, 0.3) is 11.3 Å². The quantitative estimate of drug-likeness (QED) is 0.360. The van der Waals surface area contributed by atoms with Crippen molar-refractivity contribution in [1.29, 1.82) is 0 Å². The summed E-state index contributed by atoms with van der Waals surface area (Å²) >= 11 is 0. The number of hydrogen-bond donors (Lipinski definition) is 1. The first kappa shape index (κ1) is 28.1. The van der Waals surface area contributed by atoms with E-state index in [2.05, 4.69) is 47.1 Å². The van der Waals surface area contributed by atoms with Crippen molar-refractivity contribution in [3.05, 3.63) is 53.4 Å². The summed E-state index contributed by atoms with van der Waals surface area (Å²) in [5.74, 6) is -2.38. The molecule has 5 rings (SSSR count). The van der Waals surface area contributed by atoms with Gasteiger partial charge >= 0.3 is 0 Å². The molecule has 1 unspecified atom stereocenters. The number of piperidine rings is 1. The molecule has 0 aliphatic carbocycles. The second-order valence-corrected chi connectivity index (χ2v) is 11.7. The van der Waals surface area contributed by atoms with E-state index in [-0.39, 0.29) is 41.5 Å². The molecule has 4 heterocycles. The number of aromatic nitrogens is 3. The maximum absolute atomic E-state index is 15.2. The fourth-order valence-corrected chi connectivity index (χ4v) is 5.55. The van der Waals surface area contributed by atoms with Crippen LogP contribution in [0.1, 0.15) is 70.6 Å². The highest BCUT2D eigenvalue weighted by molar-refractivity contribution is 5.73. The monoisotopic (exact) mass is 554 g/mol. The van der Waals surface area contributed by atoms with E-state index in [1.165, 1.54) is 12.5 Å². The third kappa shape index (κ3) is 5.73. The van der Waals surface area contributed by atoms with Gasteiger partial charge in [0.2, 0.25) is 5.95 Å². The molecule has 0 spiro atoms. The van der Waals surface area contributed by atoms with Crippen LogP contribution in [-0.2, 0) is 0 Å². The Balaban J connectivity index is 1.46. The molecule has 214 valence electrons. The summed E-state index contributed by atoms with van der Waals surface area (Å²) in [5, 5.41) is 3.10. The van der Waals surface area contributed by atoms with Gasteiger partial charge in [0.15, 0.2) is 17.4 Å². The van der Waals surface area contributed by atoms with E-state index >= 15 is 4.39 Å². The molecule has 1 fully saturated rings. The van der Waals surface area contributed by atoms with E-state index in [1.54, 1.807) is 11.0 Å². The highest BCUT2D eigenvalue weighted by Gasteiger charge is 2.38. The predicted molar refractivity (Wildman–Crippen MR) is 151 cm³/mol. The zero-order valence-electron chi connectivity index (χ0n) is 23.9.